The van der Waals surface area contributed by atoms with Crippen LogP contribution in [0.5, 0.6) is 0 Å². The molecule has 1 N–H and O–H groups in total. The van der Waals surface area contributed by atoms with E-state index in [4.69, 9.17) is 4.42 Å². The SMILES string of the molecule is c1cc2ncc(N3CCC[C@@H]4CN[C@@H]4C3)cc2o1. The van der Waals surface area contributed by atoms with Gasteiger partial charge < -0.3 is 14.6 Å². The molecule has 4 heteroatoms. The van der Waals surface area contributed by atoms with E-state index < -0.39 is 0 Å². The van der Waals surface area contributed by atoms with Crippen LogP contribution in [0, 0.1) is 5.92 Å². The molecule has 0 unspecified atom stereocenters. The minimum atomic E-state index is 0.666. The van der Waals surface area contributed by atoms with Gasteiger partial charge in [-0.05, 0) is 25.3 Å². The third kappa shape index (κ3) is 1.60. The third-order valence-electron chi connectivity index (χ3n) is 4.28. The number of nitrogens with one attached hydrogen (secondary N) is 1. The molecule has 0 aliphatic carbocycles. The van der Waals surface area contributed by atoms with Gasteiger partial charge in [0.25, 0.3) is 0 Å². The van der Waals surface area contributed by atoms with Gasteiger partial charge in [0, 0.05) is 31.3 Å². The minimum absolute atomic E-state index is 0.666. The summed E-state index contributed by atoms with van der Waals surface area (Å²) in [5.74, 6) is 0.885. The molecular formula is C14H17N3O. The van der Waals surface area contributed by atoms with Crippen LogP contribution in [0.2, 0.25) is 0 Å². The van der Waals surface area contributed by atoms with Gasteiger partial charge in [0.15, 0.2) is 5.58 Å². The Labute approximate surface area is 106 Å². The molecule has 0 radical (unpaired) electrons. The Morgan fingerprint density at radius 1 is 1.44 bits per heavy atom. The average molecular weight is 243 g/mol. The van der Waals surface area contributed by atoms with Crippen molar-refractivity contribution in [2.24, 2.45) is 5.92 Å². The predicted octanol–water partition coefficient (Wildman–Crippen LogP) is 2.02. The number of hydrogen-bond acceptors (Lipinski definition) is 4. The molecule has 2 aliphatic heterocycles. The number of anilines is 1. The first-order chi connectivity index (χ1) is 8.90. The lowest BCUT2D eigenvalue weighted by Gasteiger charge is -2.38. The maximum absolute atomic E-state index is 5.44. The first-order valence-electron chi connectivity index (χ1n) is 6.72. The average Bonchev–Trinajstić information content (AvgIpc) is 2.78. The molecule has 0 amide bonds. The Morgan fingerprint density at radius 3 is 3.33 bits per heavy atom. The van der Waals surface area contributed by atoms with E-state index in [-0.39, 0.29) is 0 Å². The number of pyridine rings is 1. The summed E-state index contributed by atoms with van der Waals surface area (Å²) in [6.07, 6.45) is 6.30. The van der Waals surface area contributed by atoms with Crippen LogP contribution < -0.4 is 10.2 Å². The van der Waals surface area contributed by atoms with Crippen LogP contribution in [0.25, 0.3) is 11.1 Å². The molecule has 2 aliphatic rings. The molecule has 0 spiro atoms. The summed E-state index contributed by atoms with van der Waals surface area (Å²) in [5, 5.41) is 3.53. The highest BCUT2D eigenvalue weighted by Gasteiger charge is 2.33. The molecule has 4 rings (SSSR count). The van der Waals surface area contributed by atoms with E-state index in [2.05, 4.69) is 21.3 Å². The largest absolute Gasteiger partial charge is 0.463 e. The van der Waals surface area contributed by atoms with Crippen molar-refractivity contribution in [2.75, 3.05) is 24.5 Å². The van der Waals surface area contributed by atoms with Crippen molar-refractivity contribution in [3.8, 4) is 0 Å². The molecule has 0 bridgehead atoms. The number of nitrogens with zero attached hydrogens (tertiary/aromatic N) is 2. The van der Waals surface area contributed by atoms with Gasteiger partial charge in [-0.2, -0.15) is 0 Å². The van der Waals surface area contributed by atoms with E-state index in [1.165, 1.54) is 25.1 Å². The fourth-order valence-electron chi connectivity index (χ4n) is 3.08. The van der Waals surface area contributed by atoms with Crippen LogP contribution in [0.15, 0.2) is 29.0 Å². The first kappa shape index (κ1) is 10.4. The molecule has 4 nitrogen and oxygen atoms in total. The van der Waals surface area contributed by atoms with Crippen LogP contribution in [0.4, 0.5) is 5.69 Å². The van der Waals surface area contributed by atoms with Crippen LogP contribution in [0.1, 0.15) is 12.8 Å². The lowest BCUT2D eigenvalue weighted by Crippen LogP contribution is -2.56. The molecular weight excluding hydrogens is 226 g/mol. The number of fused-ring (bicyclic) bond motifs is 2. The lowest BCUT2D eigenvalue weighted by atomic mass is 9.89. The van der Waals surface area contributed by atoms with Gasteiger partial charge in [-0.25, -0.2) is 0 Å². The molecule has 18 heavy (non-hydrogen) atoms. The Morgan fingerprint density at radius 2 is 2.44 bits per heavy atom. The summed E-state index contributed by atoms with van der Waals surface area (Å²) in [5.41, 5.74) is 3.01. The second-order valence-electron chi connectivity index (χ2n) is 5.36. The molecule has 2 saturated heterocycles. The van der Waals surface area contributed by atoms with Crippen LogP contribution in [-0.4, -0.2) is 30.7 Å². The van der Waals surface area contributed by atoms with Crippen molar-refractivity contribution in [1.29, 1.82) is 0 Å². The number of furan rings is 1. The second-order valence-corrected chi connectivity index (χ2v) is 5.36. The predicted molar refractivity (Wildman–Crippen MR) is 70.7 cm³/mol. The van der Waals surface area contributed by atoms with Gasteiger partial charge in [-0.1, -0.05) is 0 Å². The standard InChI is InChI=1S/C14H17N3O/c1-2-10-7-15-13(10)9-17(4-1)11-6-14-12(16-8-11)3-5-18-14/h3,5-6,8,10,13,15H,1-2,4,7,9H2/t10-,13-/m1/s1. The van der Waals surface area contributed by atoms with E-state index in [0.717, 1.165) is 30.1 Å². The van der Waals surface area contributed by atoms with Crippen molar-refractivity contribution in [3.05, 3.63) is 24.6 Å². The third-order valence-corrected chi connectivity index (χ3v) is 4.28. The number of rotatable bonds is 1. The van der Waals surface area contributed by atoms with Crippen molar-refractivity contribution >= 4 is 16.8 Å². The van der Waals surface area contributed by atoms with Crippen molar-refractivity contribution in [3.63, 3.8) is 0 Å². The monoisotopic (exact) mass is 243 g/mol. The maximum atomic E-state index is 5.44. The molecule has 94 valence electrons. The van der Waals surface area contributed by atoms with Crippen LogP contribution in [0.3, 0.4) is 0 Å². The molecule has 2 aromatic heterocycles. The Balaban J connectivity index is 1.64. The van der Waals surface area contributed by atoms with Gasteiger partial charge in [-0.3, -0.25) is 4.98 Å². The number of hydrogen-bond donors (Lipinski definition) is 1. The summed E-state index contributed by atoms with van der Waals surface area (Å²) in [6, 6.07) is 4.69. The lowest BCUT2D eigenvalue weighted by molar-refractivity contribution is 0.234. The van der Waals surface area contributed by atoms with Crippen LogP contribution in [-0.2, 0) is 0 Å². The smallest absolute Gasteiger partial charge is 0.154 e. The number of aromatic nitrogens is 1. The summed E-state index contributed by atoms with van der Waals surface area (Å²) >= 11 is 0. The fraction of sp³-hybridized carbons (Fsp3) is 0.500. The summed E-state index contributed by atoms with van der Waals surface area (Å²) in [4.78, 5) is 6.89. The van der Waals surface area contributed by atoms with Gasteiger partial charge in [0.05, 0.1) is 18.1 Å². The highest BCUT2D eigenvalue weighted by atomic mass is 16.3. The van der Waals surface area contributed by atoms with Crippen molar-refractivity contribution < 1.29 is 4.42 Å². The zero-order chi connectivity index (χ0) is 11.9. The van der Waals surface area contributed by atoms with Crippen molar-refractivity contribution in [1.82, 2.24) is 10.3 Å². The maximum Gasteiger partial charge on any atom is 0.154 e. The minimum Gasteiger partial charge on any atom is -0.463 e. The Hall–Kier alpha value is -1.55. The normalized spacial score (nSPS) is 27.7. The van der Waals surface area contributed by atoms with Gasteiger partial charge >= 0.3 is 0 Å². The zero-order valence-electron chi connectivity index (χ0n) is 10.3. The van der Waals surface area contributed by atoms with Gasteiger partial charge in [-0.15, -0.1) is 0 Å². The Bertz CT molecular complexity index is 565. The van der Waals surface area contributed by atoms with Crippen molar-refractivity contribution in [2.45, 2.75) is 18.9 Å². The first-order valence-corrected chi connectivity index (χ1v) is 6.72. The van der Waals surface area contributed by atoms with E-state index >= 15 is 0 Å². The summed E-state index contributed by atoms with van der Waals surface area (Å²) in [6.45, 7) is 3.43. The van der Waals surface area contributed by atoms with E-state index in [1.54, 1.807) is 6.26 Å². The molecule has 4 heterocycles. The van der Waals surface area contributed by atoms with Gasteiger partial charge in [0.1, 0.15) is 5.52 Å². The molecule has 0 aromatic carbocycles. The highest BCUT2D eigenvalue weighted by molar-refractivity contribution is 5.76. The van der Waals surface area contributed by atoms with Crippen LogP contribution >= 0.6 is 0 Å². The molecule has 2 atom stereocenters. The van der Waals surface area contributed by atoms with E-state index in [0.29, 0.717) is 6.04 Å². The highest BCUT2D eigenvalue weighted by Crippen LogP contribution is 2.28. The molecule has 0 saturated carbocycles. The van der Waals surface area contributed by atoms with Gasteiger partial charge in [0.2, 0.25) is 0 Å². The van der Waals surface area contributed by atoms with E-state index in [9.17, 15) is 0 Å². The summed E-state index contributed by atoms with van der Waals surface area (Å²) in [7, 11) is 0. The fourth-order valence-corrected chi connectivity index (χ4v) is 3.08. The topological polar surface area (TPSA) is 41.3 Å². The van der Waals surface area contributed by atoms with E-state index in [1.807, 2.05) is 12.3 Å². The zero-order valence-corrected chi connectivity index (χ0v) is 10.3. The Kier molecular flexibility index (Phi) is 2.30. The molecule has 2 fully saturated rings. The second kappa shape index (κ2) is 3.99. The quantitative estimate of drug-likeness (QED) is 0.832. The molecule has 2 aromatic rings. The summed E-state index contributed by atoms with van der Waals surface area (Å²) < 4.78 is 5.44.